The maximum atomic E-state index is 14.0. The van der Waals surface area contributed by atoms with Crippen molar-refractivity contribution in [2.45, 2.75) is 12.7 Å². The molecule has 0 aromatic heterocycles. The van der Waals surface area contributed by atoms with Crippen molar-refractivity contribution in [3.8, 4) is 0 Å². The second kappa shape index (κ2) is 8.10. The Labute approximate surface area is 141 Å². The highest BCUT2D eigenvalue weighted by Gasteiger charge is 2.06. The van der Waals surface area contributed by atoms with Crippen molar-refractivity contribution in [3.05, 3.63) is 69.4 Å². The summed E-state index contributed by atoms with van der Waals surface area (Å²) >= 11 is 4.67. The molecule has 0 unspecified atom stereocenters. The highest BCUT2D eigenvalue weighted by Crippen LogP contribution is 2.20. The van der Waals surface area contributed by atoms with E-state index in [4.69, 9.17) is 5.73 Å². The van der Waals surface area contributed by atoms with Crippen LogP contribution in [0.2, 0.25) is 0 Å². The van der Waals surface area contributed by atoms with E-state index in [9.17, 15) is 4.39 Å². The van der Waals surface area contributed by atoms with E-state index in [1.165, 1.54) is 18.0 Å². The SMILES string of the molecule is Cc1c(Br)ccc(C=NN=C(N)SCc2ccccc2)c1F. The van der Waals surface area contributed by atoms with E-state index in [-0.39, 0.29) is 5.82 Å². The molecule has 3 nitrogen and oxygen atoms in total. The molecule has 0 amide bonds. The Hall–Kier alpha value is -1.66. The molecule has 0 bridgehead atoms. The predicted molar refractivity (Wildman–Crippen MR) is 95.8 cm³/mol. The number of nitrogens with two attached hydrogens (primary N) is 1. The van der Waals surface area contributed by atoms with Crippen LogP contribution in [0.15, 0.2) is 57.1 Å². The highest BCUT2D eigenvalue weighted by atomic mass is 79.9. The fourth-order valence-corrected chi connectivity index (χ4v) is 2.61. The van der Waals surface area contributed by atoms with Crippen LogP contribution in [0.25, 0.3) is 0 Å². The molecule has 114 valence electrons. The fourth-order valence-electron chi connectivity index (χ4n) is 1.69. The van der Waals surface area contributed by atoms with Gasteiger partial charge in [-0.3, -0.25) is 0 Å². The van der Waals surface area contributed by atoms with Crippen LogP contribution in [0.3, 0.4) is 0 Å². The number of nitrogens with zero attached hydrogens (tertiary/aromatic N) is 2. The van der Waals surface area contributed by atoms with Crippen LogP contribution in [0.5, 0.6) is 0 Å². The zero-order chi connectivity index (χ0) is 15.9. The van der Waals surface area contributed by atoms with Gasteiger partial charge in [0, 0.05) is 15.8 Å². The third-order valence-corrected chi connectivity index (χ3v) is 4.65. The highest BCUT2D eigenvalue weighted by molar-refractivity contribution is 9.10. The van der Waals surface area contributed by atoms with Crippen LogP contribution in [0.1, 0.15) is 16.7 Å². The zero-order valence-corrected chi connectivity index (χ0v) is 14.4. The van der Waals surface area contributed by atoms with Gasteiger partial charge in [0.15, 0.2) is 5.17 Å². The largest absolute Gasteiger partial charge is 0.377 e. The molecule has 22 heavy (non-hydrogen) atoms. The summed E-state index contributed by atoms with van der Waals surface area (Å²) in [5, 5.41) is 8.07. The smallest absolute Gasteiger partial charge is 0.180 e. The average Bonchev–Trinajstić information content (AvgIpc) is 2.54. The summed E-state index contributed by atoms with van der Waals surface area (Å²) in [6.45, 7) is 1.70. The van der Waals surface area contributed by atoms with Crippen LogP contribution < -0.4 is 5.73 Å². The Morgan fingerprint density at radius 1 is 1.27 bits per heavy atom. The van der Waals surface area contributed by atoms with E-state index in [0.29, 0.717) is 16.3 Å². The summed E-state index contributed by atoms with van der Waals surface area (Å²) in [6.07, 6.45) is 1.37. The molecule has 0 aliphatic rings. The van der Waals surface area contributed by atoms with Gasteiger partial charge in [0.25, 0.3) is 0 Å². The van der Waals surface area contributed by atoms with Gasteiger partial charge in [-0.1, -0.05) is 58.0 Å². The van der Waals surface area contributed by atoms with Crippen LogP contribution in [0.4, 0.5) is 4.39 Å². The van der Waals surface area contributed by atoms with Gasteiger partial charge in [-0.2, -0.15) is 5.10 Å². The first-order valence-electron chi connectivity index (χ1n) is 6.55. The van der Waals surface area contributed by atoms with Crippen molar-refractivity contribution in [2.75, 3.05) is 0 Å². The second-order valence-corrected chi connectivity index (χ2v) is 6.38. The molecule has 0 radical (unpaired) electrons. The number of benzene rings is 2. The van der Waals surface area contributed by atoms with Crippen molar-refractivity contribution in [3.63, 3.8) is 0 Å². The predicted octanol–water partition coefficient (Wildman–Crippen LogP) is 4.48. The van der Waals surface area contributed by atoms with Gasteiger partial charge in [0.2, 0.25) is 0 Å². The number of hydrogen-bond acceptors (Lipinski definition) is 3. The summed E-state index contributed by atoms with van der Waals surface area (Å²) in [5.41, 5.74) is 7.85. The normalized spacial score (nSPS) is 12.0. The topological polar surface area (TPSA) is 50.7 Å². The number of halogens is 2. The molecule has 0 saturated heterocycles. The van der Waals surface area contributed by atoms with E-state index in [1.807, 2.05) is 30.3 Å². The van der Waals surface area contributed by atoms with Gasteiger partial charge in [0.1, 0.15) is 5.82 Å². The summed E-state index contributed by atoms with van der Waals surface area (Å²) in [6, 6.07) is 13.4. The Balaban J connectivity index is 1.97. The monoisotopic (exact) mass is 379 g/mol. The van der Waals surface area contributed by atoms with Gasteiger partial charge in [-0.25, -0.2) is 4.39 Å². The molecule has 2 rings (SSSR count). The number of hydrogen-bond donors (Lipinski definition) is 1. The van der Waals surface area contributed by atoms with Gasteiger partial charge in [-0.15, -0.1) is 5.10 Å². The minimum Gasteiger partial charge on any atom is -0.377 e. The Kier molecular flexibility index (Phi) is 6.15. The van der Waals surface area contributed by atoms with E-state index in [2.05, 4.69) is 26.1 Å². The number of amidine groups is 1. The molecule has 0 atom stereocenters. The minimum atomic E-state index is -0.316. The molecule has 2 N–H and O–H groups in total. The van der Waals surface area contributed by atoms with Crippen LogP contribution >= 0.6 is 27.7 Å². The van der Waals surface area contributed by atoms with Crippen molar-refractivity contribution in [1.82, 2.24) is 0 Å². The van der Waals surface area contributed by atoms with Crippen molar-refractivity contribution >= 4 is 39.1 Å². The standard InChI is InChI=1S/C16H15BrFN3S/c1-11-14(17)8-7-13(15(11)18)9-20-21-16(19)22-10-12-5-3-2-4-6-12/h2-9H,10H2,1H3,(H2,19,21). The molecule has 2 aromatic rings. The number of rotatable bonds is 4. The Bertz CT molecular complexity index is 702. The minimum absolute atomic E-state index is 0.316. The molecule has 0 aliphatic carbocycles. The van der Waals surface area contributed by atoms with Crippen LogP contribution in [-0.2, 0) is 5.75 Å². The number of thioether (sulfide) groups is 1. The van der Waals surface area contributed by atoms with Crippen molar-refractivity contribution < 1.29 is 4.39 Å². The lowest BCUT2D eigenvalue weighted by atomic mass is 10.1. The first-order valence-corrected chi connectivity index (χ1v) is 8.33. The molecule has 0 spiro atoms. The summed E-state index contributed by atoms with van der Waals surface area (Å²) in [4.78, 5) is 0. The maximum Gasteiger partial charge on any atom is 0.180 e. The lowest BCUT2D eigenvalue weighted by Gasteiger charge is -2.02. The molecular weight excluding hydrogens is 365 g/mol. The van der Waals surface area contributed by atoms with Gasteiger partial charge < -0.3 is 5.73 Å². The second-order valence-electron chi connectivity index (χ2n) is 4.53. The van der Waals surface area contributed by atoms with E-state index < -0.39 is 0 Å². The van der Waals surface area contributed by atoms with E-state index in [1.54, 1.807) is 19.1 Å². The molecule has 2 aromatic carbocycles. The summed E-state index contributed by atoms with van der Waals surface area (Å²) in [5.74, 6) is 0.404. The molecule has 0 saturated carbocycles. The first kappa shape index (κ1) is 16.7. The summed E-state index contributed by atoms with van der Waals surface area (Å²) in [7, 11) is 0. The molecule has 0 heterocycles. The quantitative estimate of drug-likeness (QED) is 0.483. The van der Waals surface area contributed by atoms with Gasteiger partial charge >= 0.3 is 0 Å². The van der Waals surface area contributed by atoms with Crippen molar-refractivity contribution in [2.24, 2.45) is 15.9 Å². The van der Waals surface area contributed by atoms with E-state index in [0.717, 1.165) is 15.8 Å². The van der Waals surface area contributed by atoms with Gasteiger partial charge in [0.05, 0.1) is 6.21 Å². The third-order valence-electron chi connectivity index (χ3n) is 2.93. The van der Waals surface area contributed by atoms with Crippen LogP contribution in [0, 0.1) is 12.7 Å². The average molecular weight is 380 g/mol. The van der Waals surface area contributed by atoms with E-state index >= 15 is 0 Å². The lowest BCUT2D eigenvalue weighted by Crippen LogP contribution is -2.06. The molecular formula is C16H15BrFN3S. The van der Waals surface area contributed by atoms with Crippen LogP contribution in [-0.4, -0.2) is 11.4 Å². The maximum absolute atomic E-state index is 14.0. The fraction of sp³-hybridized carbons (Fsp3) is 0.125. The first-order chi connectivity index (χ1) is 10.6. The van der Waals surface area contributed by atoms with Crippen molar-refractivity contribution in [1.29, 1.82) is 0 Å². The Morgan fingerprint density at radius 3 is 2.73 bits per heavy atom. The Morgan fingerprint density at radius 2 is 2.00 bits per heavy atom. The molecule has 0 aliphatic heterocycles. The third kappa shape index (κ3) is 4.68. The molecule has 6 heteroatoms. The molecule has 0 fully saturated rings. The summed E-state index contributed by atoms with van der Waals surface area (Å²) < 4.78 is 14.7. The van der Waals surface area contributed by atoms with Gasteiger partial charge in [-0.05, 0) is 30.2 Å². The lowest BCUT2D eigenvalue weighted by molar-refractivity contribution is 0.615. The zero-order valence-electron chi connectivity index (χ0n) is 12.0.